The van der Waals surface area contributed by atoms with E-state index in [4.69, 9.17) is 11.6 Å². The topological polar surface area (TPSA) is 43.1 Å². The Morgan fingerprint density at radius 2 is 1.93 bits per heavy atom. The van der Waals surface area contributed by atoms with Crippen molar-refractivity contribution in [3.63, 3.8) is 0 Å². The van der Waals surface area contributed by atoms with Crippen LogP contribution in [0.4, 0.5) is 18.9 Å². The van der Waals surface area contributed by atoms with E-state index in [1.54, 1.807) is 0 Å². The predicted octanol–water partition coefficient (Wildman–Crippen LogP) is 3.58. The lowest BCUT2D eigenvalue weighted by molar-refractivity contribution is -0.388. The van der Waals surface area contributed by atoms with E-state index in [9.17, 15) is 23.3 Å². The fourth-order valence-corrected chi connectivity index (χ4v) is 1.21. The van der Waals surface area contributed by atoms with Crippen molar-refractivity contribution in [2.24, 2.45) is 0 Å². The molecule has 0 saturated heterocycles. The average molecular weight is 240 g/mol. The quantitative estimate of drug-likeness (QED) is 0.555. The van der Waals surface area contributed by atoms with E-state index in [1.165, 1.54) is 6.92 Å². The van der Waals surface area contributed by atoms with Crippen LogP contribution in [0.1, 0.15) is 11.1 Å². The lowest BCUT2D eigenvalue weighted by atomic mass is 10.1. The zero-order valence-electron chi connectivity index (χ0n) is 7.43. The van der Waals surface area contributed by atoms with Crippen LogP contribution < -0.4 is 0 Å². The van der Waals surface area contributed by atoms with E-state index >= 15 is 0 Å². The van der Waals surface area contributed by atoms with Gasteiger partial charge in [0.2, 0.25) is 0 Å². The molecule has 1 rings (SSSR count). The Bertz CT molecular complexity index is 417. The smallest absolute Gasteiger partial charge is 0.258 e. The van der Waals surface area contributed by atoms with Crippen molar-refractivity contribution in [3.05, 3.63) is 38.4 Å². The maximum atomic E-state index is 12.4. The molecule has 0 fully saturated rings. The standard InChI is InChI=1S/C8H5ClF3NO2/c1-4-2-5(8(10,11)12)7(13(14)15)3-6(4)9/h2-3H,1H3. The van der Waals surface area contributed by atoms with E-state index in [0.717, 1.165) is 0 Å². The Morgan fingerprint density at radius 1 is 1.40 bits per heavy atom. The number of rotatable bonds is 1. The van der Waals surface area contributed by atoms with Crippen LogP contribution in [0.5, 0.6) is 0 Å². The number of benzene rings is 1. The van der Waals surface area contributed by atoms with Crippen LogP contribution in [0.2, 0.25) is 5.02 Å². The molecule has 1 aromatic carbocycles. The van der Waals surface area contributed by atoms with Crippen molar-refractivity contribution in [1.82, 2.24) is 0 Å². The summed E-state index contributed by atoms with van der Waals surface area (Å²) in [7, 11) is 0. The molecule has 0 N–H and O–H groups in total. The summed E-state index contributed by atoms with van der Waals surface area (Å²) in [6.45, 7) is 1.35. The van der Waals surface area contributed by atoms with Crippen LogP contribution in [-0.4, -0.2) is 4.92 Å². The van der Waals surface area contributed by atoms with Gasteiger partial charge in [0.15, 0.2) is 0 Å². The minimum Gasteiger partial charge on any atom is -0.258 e. The molecule has 0 saturated carbocycles. The molecule has 0 atom stereocenters. The summed E-state index contributed by atoms with van der Waals surface area (Å²) in [6.07, 6.45) is -4.75. The van der Waals surface area contributed by atoms with Crippen molar-refractivity contribution >= 4 is 17.3 Å². The van der Waals surface area contributed by atoms with Crippen molar-refractivity contribution in [2.75, 3.05) is 0 Å². The van der Waals surface area contributed by atoms with Gasteiger partial charge in [-0.1, -0.05) is 11.6 Å². The first-order chi connectivity index (χ1) is 6.73. The van der Waals surface area contributed by atoms with Crippen LogP contribution in [0.25, 0.3) is 0 Å². The molecule has 15 heavy (non-hydrogen) atoms. The minimum atomic E-state index is -4.75. The van der Waals surface area contributed by atoms with E-state index in [-0.39, 0.29) is 10.6 Å². The normalized spacial score (nSPS) is 11.5. The monoisotopic (exact) mass is 239 g/mol. The average Bonchev–Trinajstić information content (AvgIpc) is 2.06. The number of nitro benzene ring substituents is 1. The maximum absolute atomic E-state index is 12.4. The van der Waals surface area contributed by atoms with Crippen molar-refractivity contribution in [2.45, 2.75) is 13.1 Å². The number of aryl methyl sites for hydroxylation is 1. The maximum Gasteiger partial charge on any atom is 0.423 e. The molecule has 0 amide bonds. The van der Waals surface area contributed by atoms with Crippen LogP contribution >= 0.6 is 11.6 Å². The van der Waals surface area contributed by atoms with Gasteiger partial charge in [-0.2, -0.15) is 13.2 Å². The summed E-state index contributed by atoms with van der Waals surface area (Å²) in [5, 5.41) is 10.3. The van der Waals surface area contributed by atoms with Gasteiger partial charge in [0.1, 0.15) is 5.56 Å². The third-order valence-corrected chi connectivity index (χ3v) is 2.19. The first-order valence-corrected chi connectivity index (χ1v) is 4.13. The molecule has 82 valence electrons. The van der Waals surface area contributed by atoms with E-state index in [2.05, 4.69) is 0 Å². The van der Waals surface area contributed by atoms with Gasteiger partial charge in [0.25, 0.3) is 5.69 Å². The summed E-state index contributed by atoms with van der Waals surface area (Å²) < 4.78 is 37.1. The SMILES string of the molecule is Cc1cc(C(F)(F)F)c([N+](=O)[O-])cc1Cl. The second-order valence-corrected chi connectivity index (χ2v) is 3.28. The van der Waals surface area contributed by atoms with Crippen LogP contribution in [0.3, 0.4) is 0 Å². The van der Waals surface area contributed by atoms with Crippen LogP contribution in [0.15, 0.2) is 12.1 Å². The summed E-state index contributed by atoms with van der Waals surface area (Å²) in [6, 6.07) is 1.38. The highest BCUT2D eigenvalue weighted by molar-refractivity contribution is 6.31. The number of alkyl halides is 3. The van der Waals surface area contributed by atoms with E-state index in [0.29, 0.717) is 12.1 Å². The summed E-state index contributed by atoms with van der Waals surface area (Å²) in [5.74, 6) is 0. The third kappa shape index (κ3) is 2.38. The molecule has 0 unspecified atom stereocenters. The molecular formula is C8H5ClF3NO2. The fraction of sp³-hybridized carbons (Fsp3) is 0.250. The number of nitro groups is 1. The minimum absolute atomic E-state index is 0.0605. The number of halogens is 4. The van der Waals surface area contributed by atoms with Gasteiger partial charge < -0.3 is 0 Å². The van der Waals surface area contributed by atoms with E-state index in [1.807, 2.05) is 0 Å². The number of hydrogen-bond donors (Lipinski definition) is 0. The molecule has 0 radical (unpaired) electrons. The van der Waals surface area contributed by atoms with Gasteiger partial charge in [-0.05, 0) is 18.6 Å². The number of hydrogen-bond acceptors (Lipinski definition) is 2. The fourth-order valence-electron chi connectivity index (χ4n) is 1.05. The molecule has 0 aliphatic carbocycles. The summed E-state index contributed by atoms with van der Waals surface area (Å²) in [4.78, 5) is 9.28. The van der Waals surface area contributed by atoms with Gasteiger partial charge in [-0.15, -0.1) is 0 Å². The van der Waals surface area contributed by atoms with Gasteiger partial charge in [0.05, 0.1) is 9.95 Å². The largest absolute Gasteiger partial charge is 0.423 e. The van der Waals surface area contributed by atoms with Crippen LogP contribution in [0, 0.1) is 17.0 Å². The molecule has 7 heteroatoms. The third-order valence-electron chi connectivity index (χ3n) is 1.78. The lowest BCUT2D eigenvalue weighted by Gasteiger charge is -2.08. The molecule has 0 aromatic heterocycles. The highest BCUT2D eigenvalue weighted by Crippen LogP contribution is 2.38. The highest BCUT2D eigenvalue weighted by atomic mass is 35.5. The van der Waals surface area contributed by atoms with Crippen molar-refractivity contribution in [3.8, 4) is 0 Å². The Labute approximate surface area is 87.6 Å². The Hall–Kier alpha value is -1.30. The van der Waals surface area contributed by atoms with Gasteiger partial charge in [-0.3, -0.25) is 10.1 Å². The predicted molar refractivity (Wildman–Crippen MR) is 47.8 cm³/mol. The molecular weight excluding hydrogens is 235 g/mol. The molecule has 0 bridgehead atoms. The summed E-state index contributed by atoms with van der Waals surface area (Å²) in [5.41, 5.74) is -2.16. The first kappa shape index (κ1) is 11.8. The second kappa shape index (κ2) is 3.69. The van der Waals surface area contributed by atoms with Crippen molar-refractivity contribution < 1.29 is 18.1 Å². The molecule has 0 spiro atoms. The molecule has 1 aromatic rings. The lowest BCUT2D eigenvalue weighted by Crippen LogP contribution is -2.09. The van der Waals surface area contributed by atoms with E-state index < -0.39 is 22.4 Å². The zero-order chi connectivity index (χ0) is 11.8. The highest BCUT2D eigenvalue weighted by Gasteiger charge is 2.38. The van der Waals surface area contributed by atoms with Crippen LogP contribution in [-0.2, 0) is 6.18 Å². The van der Waals surface area contributed by atoms with Gasteiger partial charge in [-0.25, -0.2) is 0 Å². The van der Waals surface area contributed by atoms with Crippen molar-refractivity contribution in [1.29, 1.82) is 0 Å². The first-order valence-electron chi connectivity index (χ1n) is 3.75. The molecule has 0 heterocycles. The molecule has 3 nitrogen and oxygen atoms in total. The Morgan fingerprint density at radius 3 is 2.33 bits per heavy atom. The van der Waals surface area contributed by atoms with Gasteiger partial charge in [0, 0.05) is 6.07 Å². The number of nitrogens with zero attached hydrogens (tertiary/aromatic N) is 1. The zero-order valence-corrected chi connectivity index (χ0v) is 8.19. The Balaban J connectivity index is 3.49. The molecule has 0 aliphatic heterocycles. The summed E-state index contributed by atoms with van der Waals surface area (Å²) >= 11 is 5.51. The van der Waals surface area contributed by atoms with Gasteiger partial charge >= 0.3 is 6.18 Å². The second-order valence-electron chi connectivity index (χ2n) is 2.87. The Kier molecular flexibility index (Phi) is 2.90. The molecule has 0 aliphatic rings.